The van der Waals surface area contributed by atoms with Crippen molar-refractivity contribution in [3.8, 4) is 11.5 Å². The van der Waals surface area contributed by atoms with Gasteiger partial charge in [0, 0.05) is 18.2 Å². The molecule has 0 saturated heterocycles. The molecule has 1 aliphatic rings. The molecule has 0 atom stereocenters. The number of rotatable bonds is 7. The van der Waals surface area contributed by atoms with Crippen molar-refractivity contribution in [2.24, 2.45) is 0 Å². The number of hydrogen-bond donors (Lipinski definition) is 1. The lowest BCUT2D eigenvalue weighted by molar-refractivity contribution is 0.0947. The van der Waals surface area contributed by atoms with Gasteiger partial charge < -0.3 is 14.8 Å². The normalized spacial score (nSPS) is 13.2. The summed E-state index contributed by atoms with van der Waals surface area (Å²) in [4.78, 5) is 12.3. The van der Waals surface area contributed by atoms with E-state index in [1.165, 1.54) is 10.6 Å². The van der Waals surface area contributed by atoms with Gasteiger partial charge in [0.25, 0.3) is 5.91 Å². The van der Waals surface area contributed by atoms with Crippen molar-refractivity contribution < 1.29 is 22.7 Å². The Bertz CT molecular complexity index is 943. The molecule has 0 saturated carbocycles. The van der Waals surface area contributed by atoms with Gasteiger partial charge >= 0.3 is 0 Å². The highest BCUT2D eigenvalue weighted by Gasteiger charge is 2.26. The van der Waals surface area contributed by atoms with Gasteiger partial charge in [-0.2, -0.15) is 0 Å². The smallest absolute Gasteiger partial charge is 0.251 e. The van der Waals surface area contributed by atoms with Gasteiger partial charge in [-0.25, -0.2) is 8.42 Å². The fourth-order valence-electron chi connectivity index (χ4n) is 2.98. The summed E-state index contributed by atoms with van der Waals surface area (Å²) in [7, 11) is -1.70. The first-order valence-electron chi connectivity index (χ1n) is 8.54. The van der Waals surface area contributed by atoms with E-state index in [0.717, 1.165) is 5.56 Å². The van der Waals surface area contributed by atoms with Crippen LogP contribution in [0.5, 0.6) is 11.5 Å². The van der Waals surface area contributed by atoms with Crippen molar-refractivity contribution in [3.05, 3.63) is 53.6 Å². The lowest BCUT2D eigenvalue weighted by Gasteiger charge is -2.16. The quantitative estimate of drug-likeness (QED) is 0.729. The Morgan fingerprint density at radius 2 is 1.96 bits per heavy atom. The minimum Gasteiger partial charge on any atom is -0.497 e. The number of fused-ring (bicyclic) bond motifs is 1. The van der Waals surface area contributed by atoms with Gasteiger partial charge in [0.15, 0.2) is 0 Å². The first-order valence-corrected chi connectivity index (χ1v) is 10.4. The number of nitrogens with zero attached hydrogens (tertiary/aromatic N) is 1. The molecule has 2 aromatic carbocycles. The second-order valence-electron chi connectivity index (χ2n) is 6.21. The topological polar surface area (TPSA) is 84.9 Å². The minimum atomic E-state index is -3.29. The van der Waals surface area contributed by atoms with Crippen LogP contribution >= 0.6 is 0 Å². The second-order valence-corrected chi connectivity index (χ2v) is 8.12. The van der Waals surface area contributed by atoms with Crippen LogP contribution in [-0.2, 0) is 16.4 Å². The lowest BCUT2D eigenvalue weighted by Crippen LogP contribution is -2.28. The Morgan fingerprint density at radius 3 is 2.70 bits per heavy atom. The average molecular weight is 390 g/mol. The standard InChI is InChI=1S/C19H22N2O5S/c1-25-16-4-3-5-17(13-16)26-11-9-20-19(22)15-6-7-18-14(12-15)8-10-21(18)27(2,23)24/h3-7,12-13H,8-11H2,1-2H3,(H,20,22). The number of ether oxygens (including phenoxy) is 2. The highest BCUT2D eigenvalue weighted by Crippen LogP contribution is 2.30. The highest BCUT2D eigenvalue weighted by molar-refractivity contribution is 7.92. The third-order valence-corrected chi connectivity index (χ3v) is 5.47. The SMILES string of the molecule is COc1cccc(OCCNC(=O)c2ccc3c(c2)CCN3S(C)(=O)=O)c1. The molecule has 0 unspecified atom stereocenters. The van der Waals surface area contributed by atoms with Crippen LogP contribution in [-0.4, -0.2) is 47.4 Å². The number of hydrogen-bond acceptors (Lipinski definition) is 5. The largest absolute Gasteiger partial charge is 0.497 e. The summed E-state index contributed by atoms with van der Waals surface area (Å²) in [5.74, 6) is 1.16. The summed E-state index contributed by atoms with van der Waals surface area (Å²) in [5.41, 5.74) is 2.02. The van der Waals surface area contributed by atoms with Crippen LogP contribution < -0.4 is 19.1 Å². The number of methoxy groups -OCH3 is 1. The average Bonchev–Trinajstić information content (AvgIpc) is 3.09. The van der Waals surface area contributed by atoms with Gasteiger partial charge in [-0.1, -0.05) is 6.07 Å². The highest BCUT2D eigenvalue weighted by atomic mass is 32.2. The number of carbonyl (C=O) groups is 1. The monoisotopic (exact) mass is 390 g/mol. The summed E-state index contributed by atoms with van der Waals surface area (Å²) in [6, 6.07) is 12.3. The summed E-state index contributed by atoms with van der Waals surface area (Å²) in [5, 5.41) is 2.80. The van der Waals surface area contributed by atoms with Crippen LogP contribution in [0.15, 0.2) is 42.5 Å². The van der Waals surface area contributed by atoms with Gasteiger partial charge in [-0.15, -0.1) is 0 Å². The van der Waals surface area contributed by atoms with Crippen LogP contribution in [0.2, 0.25) is 0 Å². The van der Waals surface area contributed by atoms with Crippen molar-refractivity contribution >= 4 is 21.6 Å². The Hall–Kier alpha value is -2.74. The van der Waals surface area contributed by atoms with Crippen LogP contribution in [0.1, 0.15) is 15.9 Å². The van der Waals surface area contributed by atoms with E-state index in [-0.39, 0.29) is 5.91 Å². The summed E-state index contributed by atoms with van der Waals surface area (Å²) >= 11 is 0. The van der Waals surface area contributed by atoms with E-state index in [4.69, 9.17) is 9.47 Å². The molecule has 3 rings (SSSR count). The van der Waals surface area contributed by atoms with E-state index in [2.05, 4.69) is 5.32 Å². The molecule has 0 spiro atoms. The molecule has 7 nitrogen and oxygen atoms in total. The van der Waals surface area contributed by atoms with E-state index in [1.807, 2.05) is 18.2 Å². The third kappa shape index (κ3) is 4.51. The van der Waals surface area contributed by atoms with Crippen LogP contribution in [0.4, 0.5) is 5.69 Å². The van der Waals surface area contributed by atoms with Gasteiger partial charge in [0.2, 0.25) is 10.0 Å². The zero-order valence-electron chi connectivity index (χ0n) is 15.3. The fourth-order valence-corrected chi connectivity index (χ4v) is 3.94. The molecule has 2 aromatic rings. The van der Waals surface area contributed by atoms with Crippen molar-refractivity contribution in [3.63, 3.8) is 0 Å². The Morgan fingerprint density at radius 1 is 1.19 bits per heavy atom. The van der Waals surface area contributed by atoms with Gasteiger partial charge in [-0.3, -0.25) is 9.10 Å². The molecule has 144 valence electrons. The molecular formula is C19H22N2O5S. The molecular weight excluding hydrogens is 368 g/mol. The molecule has 0 fully saturated rings. The lowest BCUT2D eigenvalue weighted by atomic mass is 10.1. The van der Waals surface area contributed by atoms with E-state index < -0.39 is 10.0 Å². The molecule has 1 heterocycles. The Labute approximate surface area is 158 Å². The number of carbonyl (C=O) groups excluding carboxylic acids is 1. The van der Waals surface area contributed by atoms with Crippen LogP contribution in [0.3, 0.4) is 0 Å². The maximum absolute atomic E-state index is 12.3. The zero-order valence-corrected chi connectivity index (χ0v) is 16.1. The summed E-state index contributed by atoms with van der Waals surface area (Å²) in [6.07, 6.45) is 1.79. The molecule has 27 heavy (non-hydrogen) atoms. The molecule has 8 heteroatoms. The summed E-state index contributed by atoms with van der Waals surface area (Å²) in [6.45, 7) is 1.09. The number of sulfonamides is 1. The van der Waals surface area contributed by atoms with E-state index >= 15 is 0 Å². The minimum absolute atomic E-state index is 0.218. The predicted molar refractivity (Wildman–Crippen MR) is 103 cm³/mol. The fraction of sp³-hybridized carbons (Fsp3) is 0.316. The molecule has 1 aliphatic heterocycles. The number of nitrogens with one attached hydrogen (secondary N) is 1. The predicted octanol–water partition coefficient (Wildman–Crippen LogP) is 1.83. The number of amides is 1. The van der Waals surface area contributed by atoms with Crippen molar-refractivity contribution in [2.45, 2.75) is 6.42 Å². The molecule has 1 N–H and O–H groups in total. The van der Waals surface area contributed by atoms with Crippen LogP contribution in [0.25, 0.3) is 0 Å². The van der Waals surface area contributed by atoms with Crippen LogP contribution in [0, 0.1) is 0 Å². The second kappa shape index (κ2) is 7.87. The number of benzene rings is 2. The number of anilines is 1. The van der Waals surface area contributed by atoms with Gasteiger partial charge in [0.1, 0.15) is 18.1 Å². The summed E-state index contributed by atoms with van der Waals surface area (Å²) < 4.78 is 35.6. The molecule has 1 amide bonds. The first-order chi connectivity index (χ1) is 12.9. The van der Waals surface area contributed by atoms with Crippen molar-refractivity contribution in [1.82, 2.24) is 5.32 Å². The molecule has 0 aliphatic carbocycles. The van der Waals surface area contributed by atoms with Crippen molar-refractivity contribution in [2.75, 3.05) is 37.4 Å². The molecule has 0 aromatic heterocycles. The molecule has 0 radical (unpaired) electrons. The third-order valence-electron chi connectivity index (χ3n) is 4.29. The van der Waals surface area contributed by atoms with Gasteiger partial charge in [-0.05, 0) is 42.3 Å². The Balaban J connectivity index is 1.54. The van der Waals surface area contributed by atoms with E-state index in [1.54, 1.807) is 31.4 Å². The van der Waals surface area contributed by atoms with E-state index in [9.17, 15) is 13.2 Å². The first kappa shape index (κ1) is 19.0. The maximum atomic E-state index is 12.3. The Kier molecular flexibility index (Phi) is 5.55. The van der Waals surface area contributed by atoms with Gasteiger partial charge in [0.05, 0.1) is 25.6 Å². The zero-order chi connectivity index (χ0) is 19.4. The van der Waals surface area contributed by atoms with E-state index in [0.29, 0.717) is 48.9 Å². The molecule has 0 bridgehead atoms. The maximum Gasteiger partial charge on any atom is 0.251 e. The van der Waals surface area contributed by atoms with Crippen molar-refractivity contribution in [1.29, 1.82) is 0 Å².